The summed E-state index contributed by atoms with van der Waals surface area (Å²) in [6.45, 7) is 1.85. The molecule has 2 heterocycles. The van der Waals surface area contributed by atoms with Crippen LogP contribution in [0.2, 0.25) is 5.02 Å². The van der Waals surface area contributed by atoms with E-state index in [9.17, 15) is 5.11 Å². The lowest BCUT2D eigenvalue weighted by molar-refractivity contribution is 0.171. The molecule has 1 atom stereocenters. The SMILES string of the molecule is Cc1nn(C)c(CC(O)c2ccccn2)c1Cl. The highest BCUT2D eigenvalue weighted by Gasteiger charge is 2.17. The summed E-state index contributed by atoms with van der Waals surface area (Å²) in [7, 11) is 1.82. The number of rotatable bonds is 3. The van der Waals surface area contributed by atoms with Crippen LogP contribution in [0.1, 0.15) is 23.2 Å². The highest BCUT2D eigenvalue weighted by Crippen LogP contribution is 2.24. The molecule has 0 spiro atoms. The Morgan fingerprint density at radius 2 is 2.24 bits per heavy atom. The van der Waals surface area contributed by atoms with Gasteiger partial charge in [-0.15, -0.1) is 0 Å². The Morgan fingerprint density at radius 1 is 1.47 bits per heavy atom. The summed E-state index contributed by atoms with van der Waals surface area (Å²) < 4.78 is 1.70. The molecule has 1 unspecified atom stereocenters. The quantitative estimate of drug-likeness (QED) is 0.908. The van der Waals surface area contributed by atoms with Crippen LogP contribution < -0.4 is 0 Å². The summed E-state index contributed by atoms with van der Waals surface area (Å²) in [5.74, 6) is 0. The molecule has 0 fully saturated rings. The minimum atomic E-state index is -0.663. The molecule has 17 heavy (non-hydrogen) atoms. The molecule has 0 aliphatic rings. The van der Waals surface area contributed by atoms with Gasteiger partial charge in [-0.1, -0.05) is 17.7 Å². The van der Waals surface area contributed by atoms with Gasteiger partial charge in [0.1, 0.15) is 6.10 Å². The molecule has 0 aliphatic carbocycles. The van der Waals surface area contributed by atoms with E-state index in [2.05, 4.69) is 10.1 Å². The first-order chi connectivity index (χ1) is 8.09. The van der Waals surface area contributed by atoms with Crippen molar-refractivity contribution in [3.8, 4) is 0 Å². The molecule has 4 nitrogen and oxygen atoms in total. The Morgan fingerprint density at radius 3 is 2.76 bits per heavy atom. The molecule has 0 radical (unpaired) electrons. The lowest BCUT2D eigenvalue weighted by Crippen LogP contribution is -2.08. The zero-order chi connectivity index (χ0) is 12.4. The predicted molar refractivity (Wildman–Crippen MR) is 65.9 cm³/mol. The van der Waals surface area contributed by atoms with E-state index in [0.717, 1.165) is 11.4 Å². The van der Waals surface area contributed by atoms with Crippen LogP contribution in [0, 0.1) is 6.92 Å². The smallest absolute Gasteiger partial charge is 0.101 e. The molecule has 90 valence electrons. The van der Waals surface area contributed by atoms with Crippen LogP contribution >= 0.6 is 11.6 Å². The first kappa shape index (κ1) is 12.1. The normalized spacial score (nSPS) is 12.7. The van der Waals surface area contributed by atoms with Gasteiger partial charge in [0.05, 0.1) is 22.1 Å². The second kappa shape index (κ2) is 4.85. The number of aryl methyl sites for hydroxylation is 2. The monoisotopic (exact) mass is 251 g/mol. The number of hydrogen-bond acceptors (Lipinski definition) is 3. The third-order valence-electron chi connectivity index (χ3n) is 2.68. The van der Waals surface area contributed by atoms with Crippen LogP contribution in [0.3, 0.4) is 0 Å². The van der Waals surface area contributed by atoms with Gasteiger partial charge in [-0.3, -0.25) is 9.67 Å². The highest BCUT2D eigenvalue weighted by atomic mass is 35.5. The number of nitrogens with zero attached hydrogens (tertiary/aromatic N) is 3. The summed E-state index contributed by atoms with van der Waals surface area (Å²) in [4.78, 5) is 4.12. The Bertz CT molecular complexity index is 510. The summed E-state index contributed by atoms with van der Waals surface area (Å²) in [6, 6.07) is 5.46. The third-order valence-corrected chi connectivity index (χ3v) is 3.17. The molecular formula is C12H14ClN3O. The second-order valence-corrected chi connectivity index (χ2v) is 4.32. The van der Waals surface area contributed by atoms with E-state index in [-0.39, 0.29) is 0 Å². The van der Waals surface area contributed by atoms with Crippen LogP contribution in [0.15, 0.2) is 24.4 Å². The fourth-order valence-electron chi connectivity index (χ4n) is 1.76. The molecule has 0 bridgehead atoms. The standard InChI is InChI=1S/C12H14ClN3O/c1-8-12(13)10(16(2)15-8)7-11(17)9-5-3-4-6-14-9/h3-6,11,17H,7H2,1-2H3. The first-order valence-corrected chi connectivity index (χ1v) is 5.74. The fraction of sp³-hybridized carbons (Fsp3) is 0.333. The number of aromatic nitrogens is 3. The Kier molecular flexibility index (Phi) is 3.45. The van der Waals surface area contributed by atoms with Gasteiger partial charge in [-0.25, -0.2) is 0 Å². The van der Waals surface area contributed by atoms with Gasteiger partial charge < -0.3 is 5.11 Å². The maximum absolute atomic E-state index is 10.1. The van der Waals surface area contributed by atoms with Crippen LogP contribution in [0.4, 0.5) is 0 Å². The largest absolute Gasteiger partial charge is 0.386 e. The lowest BCUT2D eigenvalue weighted by Gasteiger charge is -2.10. The molecule has 0 aromatic carbocycles. The van der Waals surface area contributed by atoms with Crippen LogP contribution in [-0.4, -0.2) is 19.9 Å². The summed E-state index contributed by atoms with van der Waals surface area (Å²) in [5, 5.41) is 14.9. The first-order valence-electron chi connectivity index (χ1n) is 5.36. The summed E-state index contributed by atoms with van der Waals surface area (Å²) in [6.07, 6.45) is 1.41. The van der Waals surface area contributed by atoms with Gasteiger partial charge in [-0.05, 0) is 19.1 Å². The Balaban J connectivity index is 2.22. The number of aliphatic hydroxyl groups is 1. The average Bonchev–Trinajstić information content (AvgIpc) is 2.57. The molecule has 0 saturated heterocycles. The second-order valence-electron chi connectivity index (χ2n) is 3.94. The van der Waals surface area contributed by atoms with Crippen molar-refractivity contribution in [2.45, 2.75) is 19.4 Å². The van der Waals surface area contributed by atoms with E-state index in [4.69, 9.17) is 11.6 Å². The van der Waals surface area contributed by atoms with Crippen molar-refractivity contribution in [2.75, 3.05) is 0 Å². The van der Waals surface area contributed by atoms with Gasteiger partial charge >= 0.3 is 0 Å². The molecule has 2 aromatic rings. The van der Waals surface area contributed by atoms with Crippen molar-refractivity contribution in [2.24, 2.45) is 7.05 Å². The van der Waals surface area contributed by atoms with E-state index >= 15 is 0 Å². The van der Waals surface area contributed by atoms with Crippen LogP contribution in [0.25, 0.3) is 0 Å². The molecule has 1 N–H and O–H groups in total. The lowest BCUT2D eigenvalue weighted by atomic mass is 10.1. The molecule has 0 aliphatic heterocycles. The van der Waals surface area contributed by atoms with E-state index in [1.807, 2.05) is 26.1 Å². The van der Waals surface area contributed by atoms with Gasteiger partial charge in [0, 0.05) is 19.7 Å². The fourth-order valence-corrected chi connectivity index (χ4v) is 2.00. The maximum atomic E-state index is 10.1. The van der Waals surface area contributed by atoms with E-state index in [0.29, 0.717) is 17.1 Å². The topological polar surface area (TPSA) is 50.9 Å². The Labute approximate surface area is 105 Å². The van der Waals surface area contributed by atoms with Crippen molar-refractivity contribution in [3.63, 3.8) is 0 Å². The molecule has 2 rings (SSSR count). The Hall–Kier alpha value is -1.39. The van der Waals surface area contributed by atoms with Crippen LogP contribution in [-0.2, 0) is 13.5 Å². The van der Waals surface area contributed by atoms with Crippen molar-refractivity contribution in [3.05, 3.63) is 46.5 Å². The molecule has 5 heteroatoms. The third kappa shape index (κ3) is 2.48. The minimum absolute atomic E-state index is 0.410. The van der Waals surface area contributed by atoms with Gasteiger partial charge in [0.15, 0.2) is 0 Å². The maximum Gasteiger partial charge on any atom is 0.101 e. The minimum Gasteiger partial charge on any atom is -0.386 e. The summed E-state index contributed by atoms with van der Waals surface area (Å²) in [5.41, 5.74) is 2.24. The molecule has 2 aromatic heterocycles. The van der Waals surface area contributed by atoms with Crippen molar-refractivity contribution in [1.82, 2.24) is 14.8 Å². The van der Waals surface area contributed by atoms with E-state index in [1.54, 1.807) is 16.9 Å². The number of halogens is 1. The molecular weight excluding hydrogens is 238 g/mol. The number of hydrogen-bond donors (Lipinski definition) is 1. The number of aliphatic hydroxyl groups excluding tert-OH is 1. The van der Waals surface area contributed by atoms with Gasteiger partial charge in [-0.2, -0.15) is 5.10 Å². The molecule has 0 amide bonds. The zero-order valence-electron chi connectivity index (χ0n) is 9.76. The van der Waals surface area contributed by atoms with Gasteiger partial charge in [0.2, 0.25) is 0 Å². The zero-order valence-corrected chi connectivity index (χ0v) is 10.5. The average molecular weight is 252 g/mol. The predicted octanol–water partition coefficient (Wildman–Crippen LogP) is 2.05. The van der Waals surface area contributed by atoms with Crippen molar-refractivity contribution >= 4 is 11.6 Å². The molecule has 0 saturated carbocycles. The summed E-state index contributed by atoms with van der Waals surface area (Å²) >= 11 is 6.13. The number of pyridine rings is 1. The van der Waals surface area contributed by atoms with E-state index in [1.165, 1.54) is 0 Å². The van der Waals surface area contributed by atoms with Gasteiger partial charge in [0.25, 0.3) is 0 Å². The highest BCUT2D eigenvalue weighted by molar-refractivity contribution is 6.31. The van der Waals surface area contributed by atoms with Crippen molar-refractivity contribution < 1.29 is 5.11 Å². The van der Waals surface area contributed by atoms with E-state index < -0.39 is 6.10 Å². The van der Waals surface area contributed by atoms with Crippen molar-refractivity contribution in [1.29, 1.82) is 0 Å². The van der Waals surface area contributed by atoms with Crippen LogP contribution in [0.5, 0.6) is 0 Å².